The molecule has 8 nitrogen and oxygen atoms in total. The second-order valence-electron chi connectivity index (χ2n) is 8.70. The molecule has 164 valence electrons. The van der Waals surface area contributed by atoms with Crippen molar-refractivity contribution in [2.24, 2.45) is 5.41 Å². The Morgan fingerprint density at radius 3 is 2.77 bits per heavy atom. The van der Waals surface area contributed by atoms with E-state index in [1.54, 1.807) is 10.6 Å². The van der Waals surface area contributed by atoms with Crippen LogP contribution >= 0.6 is 0 Å². The number of aliphatic hydroxyl groups excluding tert-OH is 1. The molecule has 1 atom stereocenters. The Labute approximate surface area is 179 Å². The summed E-state index contributed by atoms with van der Waals surface area (Å²) in [4.78, 5) is 23.7. The monoisotopic (exact) mass is 426 g/mol. The van der Waals surface area contributed by atoms with E-state index in [1.807, 2.05) is 18.2 Å². The van der Waals surface area contributed by atoms with Crippen molar-refractivity contribution in [3.8, 4) is 11.5 Å². The van der Waals surface area contributed by atoms with Crippen LogP contribution in [0, 0.1) is 5.41 Å². The number of aryl methyl sites for hydroxylation is 1. The number of para-hydroxylation sites is 2. The molecule has 0 radical (unpaired) electrons. The zero-order chi connectivity index (χ0) is 22.2. The number of phenolic OH excluding ortho intramolecular Hbond substituents is 1. The van der Waals surface area contributed by atoms with Gasteiger partial charge in [0.25, 0.3) is 5.91 Å². The van der Waals surface area contributed by atoms with Crippen molar-refractivity contribution >= 4 is 22.7 Å². The molecule has 0 saturated heterocycles. The van der Waals surface area contributed by atoms with Crippen molar-refractivity contribution in [2.75, 3.05) is 11.9 Å². The van der Waals surface area contributed by atoms with Gasteiger partial charge in [0, 0.05) is 18.2 Å². The van der Waals surface area contributed by atoms with Crippen molar-refractivity contribution in [2.45, 2.75) is 45.8 Å². The average molecular weight is 426 g/mol. The van der Waals surface area contributed by atoms with Crippen molar-refractivity contribution in [1.82, 2.24) is 4.57 Å². The van der Waals surface area contributed by atoms with Crippen LogP contribution in [0.5, 0.6) is 11.5 Å². The second-order valence-corrected chi connectivity index (χ2v) is 8.70. The maximum Gasteiger partial charge on any atom is 0.419 e. The summed E-state index contributed by atoms with van der Waals surface area (Å²) in [5.41, 5.74) is 1.99. The number of phenols is 1. The molecule has 31 heavy (non-hydrogen) atoms. The zero-order valence-electron chi connectivity index (χ0n) is 17.6. The Morgan fingerprint density at radius 2 is 1.97 bits per heavy atom. The third-order valence-electron chi connectivity index (χ3n) is 5.76. The molecule has 3 aromatic rings. The quantitative estimate of drug-likeness (QED) is 0.532. The van der Waals surface area contributed by atoms with E-state index in [-0.39, 0.29) is 29.4 Å². The van der Waals surface area contributed by atoms with Gasteiger partial charge in [0.1, 0.15) is 11.5 Å². The van der Waals surface area contributed by atoms with Gasteiger partial charge in [0.15, 0.2) is 12.2 Å². The minimum Gasteiger partial charge on any atom is -0.508 e. The Balaban J connectivity index is 1.43. The second kappa shape index (κ2) is 8.11. The molecule has 2 aromatic carbocycles. The Morgan fingerprint density at radius 1 is 1.19 bits per heavy atom. The maximum atomic E-state index is 12.2. The first-order valence-electron chi connectivity index (χ1n) is 10.3. The molecule has 1 aliphatic rings. The van der Waals surface area contributed by atoms with Crippen LogP contribution in [0.2, 0.25) is 0 Å². The minimum absolute atomic E-state index is 0.0518. The van der Waals surface area contributed by atoms with E-state index in [4.69, 9.17) is 9.15 Å². The van der Waals surface area contributed by atoms with Gasteiger partial charge in [-0.2, -0.15) is 0 Å². The molecule has 2 heterocycles. The van der Waals surface area contributed by atoms with Gasteiger partial charge < -0.3 is 24.7 Å². The predicted octanol–water partition coefficient (Wildman–Crippen LogP) is 3.56. The number of carbonyl (C=O) groups is 1. The third-order valence-corrected chi connectivity index (χ3v) is 5.76. The largest absolute Gasteiger partial charge is 0.508 e. The van der Waals surface area contributed by atoms with Crippen LogP contribution in [-0.2, 0) is 11.3 Å². The molecule has 1 aromatic heterocycles. The summed E-state index contributed by atoms with van der Waals surface area (Å²) in [7, 11) is 0. The van der Waals surface area contributed by atoms with Gasteiger partial charge in [-0.1, -0.05) is 26.0 Å². The smallest absolute Gasteiger partial charge is 0.419 e. The van der Waals surface area contributed by atoms with Crippen LogP contribution in [-0.4, -0.2) is 27.3 Å². The van der Waals surface area contributed by atoms with Gasteiger partial charge in [0.2, 0.25) is 0 Å². The fourth-order valence-corrected chi connectivity index (χ4v) is 3.91. The van der Waals surface area contributed by atoms with Crippen LogP contribution in [0.4, 0.5) is 5.69 Å². The predicted molar refractivity (Wildman–Crippen MR) is 115 cm³/mol. The molecule has 0 saturated carbocycles. The summed E-state index contributed by atoms with van der Waals surface area (Å²) in [6.07, 6.45) is 0.956. The SMILES string of the molecule is CC(C)(CCC(O)c1cc(O)cc2c1OCC(=O)N2)CCn1c(=O)oc2ccccc21. The van der Waals surface area contributed by atoms with E-state index in [0.717, 1.165) is 5.52 Å². The van der Waals surface area contributed by atoms with E-state index < -0.39 is 6.10 Å². The fourth-order valence-electron chi connectivity index (χ4n) is 3.91. The van der Waals surface area contributed by atoms with Gasteiger partial charge in [-0.05, 0) is 42.9 Å². The summed E-state index contributed by atoms with van der Waals surface area (Å²) < 4.78 is 12.4. The lowest BCUT2D eigenvalue weighted by Crippen LogP contribution is -2.26. The number of aromatic nitrogens is 1. The normalized spacial score (nSPS) is 14.7. The molecule has 3 N–H and O–H groups in total. The number of fused-ring (bicyclic) bond motifs is 2. The van der Waals surface area contributed by atoms with Crippen molar-refractivity contribution in [3.05, 3.63) is 52.5 Å². The number of nitrogens with one attached hydrogen (secondary N) is 1. The summed E-state index contributed by atoms with van der Waals surface area (Å²) in [5, 5.41) is 23.4. The molecule has 1 amide bonds. The fraction of sp³-hybridized carbons (Fsp3) is 0.391. The highest BCUT2D eigenvalue weighted by atomic mass is 16.5. The number of aliphatic hydroxyl groups is 1. The van der Waals surface area contributed by atoms with Gasteiger partial charge in [-0.15, -0.1) is 0 Å². The van der Waals surface area contributed by atoms with Crippen molar-refractivity contribution < 1.29 is 24.2 Å². The number of aromatic hydroxyl groups is 1. The molecular formula is C23H26N2O6. The van der Waals surface area contributed by atoms with Crippen molar-refractivity contribution in [3.63, 3.8) is 0 Å². The van der Waals surface area contributed by atoms with Crippen LogP contribution in [0.3, 0.4) is 0 Å². The summed E-state index contributed by atoms with van der Waals surface area (Å²) >= 11 is 0. The minimum atomic E-state index is -0.868. The number of oxazole rings is 1. The van der Waals surface area contributed by atoms with E-state index in [9.17, 15) is 19.8 Å². The average Bonchev–Trinajstić information content (AvgIpc) is 3.04. The molecular weight excluding hydrogens is 400 g/mol. The molecule has 0 fully saturated rings. The molecule has 1 aliphatic heterocycles. The van der Waals surface area contributed by atoms with Crippen LogP contribution in [0.1, 0.15) is 44.8 Å². The van der Waals surface area contributed by atoms with Crippen LogP contribution < -0.4 is 15.8 Å². The number of ether oxygens (including phenoxy) is 1. The zero-order valence-corrected chi connectivity index (χ0v) is 17.6. The van der Waals surface area contributed by atoms with Crippen LogP contribution in [0.25, 0.3) is 11.1 Å². The van der Waals surface area contributed by atoms with Crippen molar-refractivity contribution in [1.29, 1.82) is 0 Å². The Hall–Kier alpha value is -3.26. The number of amides is 1. The topological polar surface area (TPSA) is 114 Å². The maximum absolute atomic E-state index is 12.2. The molecule has 1 unspecified atom stereocenters. The highest BCUT2D eigenvalue weighted by Crippen LogP contribution is 2.41. The Kier molecular flexibility index (Phi) is 5.49. The lowest BCUT2D eigenvalue weighted by molar-refractivity contribution is -0.118. The van der Waals surface area contributed by atoms with Gasteiger partial charge >= 0.3 is 5.76 Å². The highest BCUT2D eigenvalue weighted by Gasteiger charge is 2.26. The number of nitrogens with zero attached hydrogens (tertiary/aromatic N) is 1. The first-order chi connectivity index (χ1) is 14.7. The summed E-state index contributed by atoms with van der Waals surface area (Å²) in [6.45, 7) is 4.55. The number of carbonyl (C=O) groups excluding carboxylic acids is 1. The number of benzene rings is 2. The standard InChI is InChI=1S/C23H26N2O6/c1-23(2,9-10-25-17-5-3-4-6-19(17)31-22(25)29)8-7-18(27)15-11-14(26)12-16-21(15)30-13-20(28)24-16/h3-6,11-12,18,26-27H,7-10,13H2,1-2H3,(H,24,28). The highest BCUT2D eigenvalue weighted by molar-refractivity contribution is 5.96. The summed E-state index contributed by atoms with van der Waals surface area (Å²) in [5.74, 6) is -0.340. The molecule has 0 spiro atoms. The Bertz CT molecular complexity index is 1180. The van der Waals surface area contributed by atoms with E-state index in [1.165, 1.54) is 12.1 Å². The number of anilines is 1. The lowest BCUT2D eigenvalue weighted by atomic mass is 9.82. The van der Waals surface area contributed by atoms with Gasteiger partial charge in [-0.25, -0.2) is 4.79 Å². The van der Waals surface area contributed by atoms with Gasteiger partial charge in [0.05, 0.1) is 17.3 Å². The number of hydrogen-bond acceptors (Lipinski definition) is 6. The van der Waals surface area contributed by atoms with E-state index in [2.05, 4.69) is 19.2 Å². The van der Waals surface area contributed by atoms with Crippen LogP contribution in [0.15, 0.2) is 45.6 Å². The molecule has 0 bridgehead atoms. The lowest BCUT2D eigenvalue weighted by Gasteiger charge is -2.27. The first kappa shape index (κ1) is 21.0. The number of rotatable bonds is 7. The third kappa shape index (κ3) is 4.44. The first-order valence-corrected chi connectivity index (χ1v) is 10.3. The van der Waals surface area contributed by atoms with E-state index in [0.29, 0.717) is 48.4 Å². The summed E-state index contributed by atoms with van der Waals surface area (Å²) in [6, 6.07) is 10.2. The number of hydrogen-bond donors (Lipinski definition) is 3. The van der Waals surface area contributed by atoms with Gasteiger partial charge in [-0.3, -0.25) is 9.36 Å². The molecule has 4 rings (SSSR count). The van der Waals surface area contributed by atoms with E-state index >= 15 is 0 Å². The molecule has 0 aliphatic carbocycles. The molecule has 8 heteroatoms.